The lowest BCUT2D eigenvalue weighted by Crippen LogP contribution is -2.35. The summed E-state index contributed by atoms with van der Waals surface area (Å²) in [6.07, 6.45) is 6.18. The molecule has 0 amide bonds. The molecule has 4 heteroatoms. The third-order valence-electron chi connectivity index (χ3n) is 3.97. The molecule has 2 aliphatic rings. The van der Waals surface area contributed by atoms with Gasteiger partial charge in [-0.25, -0.2) is 9.97 Å². The molecule has 4 nitrogen and oxygen atoms in total. The van der Waals surface area contributed by atoms with Crippen LogP contribution < -0.4 is 5.32 Å². The molecule has 3 unspecified atom stereocenters. The van der Waals surface area contributed by atoms with E-state index in [0.717, 1.165) is 24.5 Å². The summed E-state index contributed by atoms with van der Waals surface area (Å²) in [5, 5.41) is 3.47. The van der Waals surface area contributed by atoms with Gasteiger partial charge in [-0.3, -0.25) is 0 Å². The van der Waals surface area contributed by atoms with Crippen molar-refractivity contribution in [1.82, 2.24) is 15.3 Å². The Kier molecular flexibility index (Phi) is 3.31. The minimum absolute atomic E-state index is 0.112. The largest absolute Gasteiger partial charge is 0.374 e. The van der Waals surface area contributed by atoms with E-state index in [1.54, 1.807) is 0 Å². The van der Waals surface area contributed by atoms with E-state index in [4.69, 9.17) is 9.72 Å². The van der Waals surface area contributed by atoms with E-state index < -0.39 is 0 Å². The Hall–Kier alpha value is -1.00. The molecule has 3 heterocycles. The van der Waals surface area contributed by atoms with E-state index >= 15 is 0 Å². The number of fused-ring (bicyclic) bond motifs is 2. The topological polar surface area (TPSA) is 47.0 Å². The Labute approximate surface area is 115 Å². The maximum Gasteiger partial charge on any atom is 0.134 e. The van der Waals surface area contributed by atoms with Crippen LogP contribution in [0.15, 0.2) is 12.3 Å². The van der Waals surface area contributed by atoms with Crippen LogP contribution in [0.25, 0.3) is 0 Å². The number of rotatable bonds is 3. The summed E-state index contributed by atoms with van der Waals surface area (Å²) >= 11 is 0. The second kappa shape index (κ2) is 4.84. The summed E-state index contributed by atoms with van der Waals surface area (Å²) in [7, 11) is 0. The average molecular weight is 261 g/mol. The second-order valence-corrected chi connectivity index (χ2v) is 6.73. The quantitative estimate of drug-likeness (QED) is 0.907. The molecule has 0 saturated carbocycles. The van der Waals surface area contributed by atoms with Crippen LogP contribution in [-0.2, 0) is 11.3 Å². The van der Waals surface area contributed by atoms with E-state index in [1.807, 2.05) is 12.3 Å². The van der Waals surface area contributed by atoms with Crippen LogP contribution in [-0.4, -0.2) is 27.7 Å². The summed E-state index contributed by atoms with van der Waals surface area (Å²) < 4.78 is 5.90. The molecule has 0 aromatic carbocycles. The Bertz CT molecular complexity index is 455. The number of hydrogen-bond donors (Lipinski definition) is 1. The first kappa shape index (κ1) is 13.0. The van der Waals surface area contributed by atoms with Gasteiger partial charge in [-0.15, -0.1) is 0 Å². The van der Waals surface area contributed by atoms with Crippen LogP contribution in [0, 0.1) is 0 Å². The maximum absolute atomic E-state index is 5.90. The maximum atomic E-state index is 5.90. The van der Waals surface area contributed by atoms with Gasteiger partial charge < -0.3 is 10.1 Å². The average Bonchev–Trinajstić information content (AvgIpc) is 2.98. The van der Waals surface area contributed by atoms with Gasteiger partial charge in [0.25, 0.3) is 0 Å². The number of aromatic nitrogens is 2. The summed E-state index contributed by atoms with van der Waals surface area (Å²) in [5.74, 6) is 1.38. The molecule has 1 aromatic heterocycles. The lowest BCUT2D eigenvalue weighted by molar-refractivity contribution is 0.0998. The van der Waals surface area contributed by atoms with Gasteiger partial charge in [0.15, 0.2) is 0 Å². The van der Waals surface area contributed by atoms with Crippen molar-refractivity contribution in [1.29, 1.82) is 0 Å². The zero-order chi connectivity index (χ0) is 13.5. The Morgan fingerprint density at radius 1 is 1.37 bits per heavy atom. The zero-order valence-electron chi connectivity index (χ0n) is 12.0. The van der Waals surface area contributed by atoms with Crippen molar-refractivity contribution in [2.45, 2.75) is 70.2 Å². The molecule has 1 aromatic rings. The van der Waals surface area contributed by atoms with Gasteiger partial charge in [-0.2, -0.15) is 0 Å². The summed E-state index contributed by atoms with van der Waals surface area (Å²) in [5.41, 5.74) is 1.18. The van der Waals surface area contributed by atoms with E-state index in [-0.39, 0.29) is 5.54 Å². The molecule has 3 rings (SSSR count). The first-order valence-electron chi connectivity index (χ1n) is 7.23. The van der Waals surface area contributed by atoms with Gasteiger partial charge in [0, 0.05) is 24.2 Å². The van der Waals surface area contributed by atoms with Crippen molar-refractivity contribution in [3.8, 4) is 0 Å². The van der Waals surface area contributed by atoms with Gasteiger partial charge in [0.2, 0.25) is 0 Å². The Morgan fingerprint density at radius 2 is 2.21 bits per heavy atom. The summed E-state index contributed by atoms with van der Waals surface area (Å²) in [6, 6.07) is 2.00. The molecular weight excluding hydrogens is 238 g/mol. The Balaban J connectivity index is 1.70. The van der Waals surface area contributed by atoms with E-state index in [2.05, 4.69) is 31.1 Å². The van der Waals surface area contributed by atoms with Crippen molar-refractivity contribution >= 4 is 0 Å². The smallest absolute Gasteiger partial charge is 0.134 e. The van der Waals surface area contributed by atoms with Crippen molar-refractivity contribution in [3.05, 3.63) is 23.8 Å². The number of hydrogen-bond acceptors (Lipinski definition) is 4. The van der Waals surface area contributed by atoms with Crippen molar-refractivity contribution in [3.63, 3.8) is 0 Å². The highest BCUT2D eigenvalue weighted by molar-refractivity contribution is 5.11. The number of nitrogens with zero attached hydrogens (tertiary/aromatic N) is 2. The van der Waals surface area contributed by atoms with Crippen LogP contribution in [0.4, 0.5) is 0 Å². The van der Waals surface area contributed by atoms with Crippen molar-refractivity contribution in [2.24, 2.45) is 0 Å². The molecule has 1 N–H and O–H groups in total. The Morgan fingerprint density at radius 3 is 2.84 bits per heavy atom. The molecule has 2 bridgehead atoms. The minimum atomic E-state index is 0.112. The SMILES string of the molecule is CC(C)(C)NCc1ccnc(C2CC3CCC2O3)n1. The molecule has 3 atom stereocenters. The van der Waals surface area contributed by atoms with Crippen LogP contribution in [0.2, 0.25) is 0 Å². The van der Waals surface area contributed by atoms with E-state index in [0.29, 0.717) is 18.1 Å². The van der Waals surface area contributed by atoms with E-state index in [9.17, 15) is 0 Å². The molecule has 0 aliphatic carbocycles. The monoisotopic (exact) mass is 261 g/mol. The highest BCUT2D eigenvalue weighted by Gasteiger charge is 2.42. The highest BCUT2D eigenvalue weighted by Crippen LogP contribution is 2.43. The molecule has 2 aliphatic heterocycles. The zero-order valence-corrected chi connectivity index (χ0v) is 12.0. The van der Waals surface area contributed by atoms with Gasteiger partial charge in [0.05, 0.1) is 17.9 Å². The summed E-state index contributed by atoms with van der Waals surface area (Å²) in [6.45, 7) is 7.29. The third-order valence-corrected chi connectivity index (χ3v) is 3.97. The van der Waals surface area contributed by atoms with Crippen LogP contribution in [0.3, 0.4) is 0 Å². The highest BCUT2D eigenvalue weighted by atomic mass is 16.5. The fraction of sp³-hybridized carbons (Fsp3) is 0.733. The normalized spacial score (nSPS) is 29.9. The first-order chi connectivity index (χ1) is 9.01. The fourth-order valence-corrected chi connectivity index (χ4v) is 2.96. The number of nitrogens with one attached hydrogen (secondary N) is 1. The minimum Gasteiger partial charge on any atom is -0.374 e. The molecule has 2 fully saturated rings. The summed E-state index contributed by atoms with van der Waals surface area (Å²) in [4.78, 5) is 9.19. The standard InChI is InChI=1S/C15H23N3O/c1-15(2,3)17-9-10-6-7-16-14(18-10)12-8-11-4-5-13(12)19-11/h6-7,11-13,17H,4-5,8-9H2,1-3H3. The molecule has 0 spiro atoms. The number of ether oxygens (including phenoxy) is 1. The van der Waals surface area contributed by atoms with E-state index in [1.165, 1.54) is 12.8 Å². The van der Waals surface area contributed by atoms with Gasteiger partial charge >= 0.3 is 0 Å². The predicted octanol–water partition coefficient (Wildman–Crippen LogP) is 2.40. The van der Waals surface area contributed by atoms with Gasteiger partial charge in [-0.05, 0) is 46.1 Å². The molecule has 0 radical (unpaired) electrons. The van der Waals surface area contributed by atoms with Crippen molar-refractivity contribution in [2.75, 3.05) is 0 Å². The molecule has 19 heavy (non-hydrogen) atoms. The van der Waals surface area contributed by atoms with Crippen LogP contribution in [0.5, 0.6) is 0 Å². The predicted molar refractivity (Wildman–Crippen MR) is 73.9 cm³/mol. The first-order valence-corrected chi connectivity index (χ1v) is 7.23. The molecular formula is C15H23N3O. The molecule has 2 saturated heterocycles. The third kappa shape index (κ3) is 2.95. The van der Waals surface area contributed by atoms with Gasteiger partial charge in [0.1, 0.15) is 5.82 Å². The second-order valence-electron chi connectivity index (χ2n) is 6.73. The van der Waals surface area contributed by atoms with Crippen molar-refractivity contribution < 1.29 is 4.74 Å². The lowest BCUT2D eigenvalue weighted by atomic mass is 9.88. The van der Waals surface area contributed by atoms with Crippen LogP contribution >= 0.6 is 0 Å². The lowest BCUT2D eigenvalue weighted by Gasteiger charge is -2.21. The molecule has 104 valence electrons. The fourth-order valence-electron chi connectivity index (χ4n) is 2.96. The van der Waals surface area contributed by atoms with Gasteiger partial charge in [-0.1, -0.05) is 0 Å². The van der Waals surface area contributed by atoms with Crippen LogP contribution in [0.1, 0.15) is 57.5 Å².